The molecule has 186 valence electrons. The zero-order valence-electron chi connectivity index (χ0n) is 19.4. The second-order valence-electron chi connectivity index (χ2n) is 8.47. The van der Waals surface area contributed by atoms with Gasteiger partial charge in [0.25, 0.3) is 11.8 Å². The Morgan fingerprint density at radius 1 is 0.861 bits per heavy atom. The third-order valence-corrected chi connectivity index (χ3v) is 5.89. The summed E-state index contributed by atoms with van der Waals surface area (Å²) in [5, 5.41) is 28.1. The Morgan fingerprint density at radius 2 is 1.56 bits per heavy atom. The van der Waals surface area contributed by atoms with E-state index in [2.05, 4.69) is 16.0 Å². The molecule has 1 fully saturated rings. The van der Waals surface area contributed by atoms with Crippen molar-refractivity contribution in [3.05, 3.63) is 89.5 Å². The Bertz CT molecular complexity index is 1230. The Labute approximate surface area is 208 Å². The predicted molar refractivity (Wildman–Crippen MR) is 133 cm³/mol. The Morgan fingerprint density at radius 3 is 2.28 bits per heavy atom. The fraction of sp³-hybridized carbons (Fsp3) is 0.222. The lowest BCUT2D eigenvalue weighted by Crippen LogP contribution is -2.49. The third-order valence-electron chi connectivity index (χ3n) is 5.89. The van der Waals surface area contributed by atoms with Crippen molar-refractivity contribution in [1.29, 1.82) is 0 Å². The van der Waals surface area contributed by atoms with Crippen LogP contribution < -0.4 is 16.0 Å². The van der Waals surface area contributed by atoms with E-state index < -0.39 is 24.0 Å². The number of aromatic hydroxyl groups is 2. The molecule has 0 unspecified atom stereocenters. The number of anilines is 1. The van der Waals surface area contributed by atoms with E-state index in [9.17, 15) is 24.6 Å². The number of para-hydroxylation sites is 1. The Kier molecular flexibility index (Phi) is 7.82. The average molecular weight is 490 g/mol. The summed E-state index contributed by atoms with van der Waals surface area (Å²) in [4.78, 5) is 37.9. The molecular weight excluding hydrogens is 462 g/mol. The largest absolute Gasteiger partial charge is 0.508 e. The lowest BCUT2D eigenvalue weighted by atomic mass is 10.1. The van der Waals surface area contributed by atoms with E-state index in [1.807, 2.05) is 0 Å². The molecule has 0 aliphatic carbocycles. The summed E-state index contributed by atoms with van der Waals surface area (Å²) in [7, 11) is 0. The molecule has 9 nitrogen and oxygen atoms in total. The van der Waals surface area contributed by atoms with Crippen LogP contribution in [0, 0.1) is 0 Å². The van der Waals surface area contributed by atoms with Crippen LogP contribution in [0.3, 0.4) is 0 Å². The number of benzene rings is 3. The van der Waals surface area contributed by atoms with Crippen LogP contribution in [0.15, 0.2) is 72.8 Å². The maximum Gasteiger partial charge on any atom is 0.338 e. The summed E-state index contributed by atoms with van der Waals surface area (Å²) in [5.41, 5.74) is 1.29. The number of esters is 1. The average Bonchev–Trinajstić information content (AvgIpc) is 3.09. The number of rotatable bonds is 6. The number of phenolic OH excluding ortho intramolecular Hbond substituents is 2. The quantitative estimate of drug-likeness (QED) is 0.336. The molecular formula is C27H27N3O6. The lowest BCUT2D eigenvalue weighted by Gasteiger charge is -2.26. The molecule has 9 heteroatoms. The smallest absolute Gasteiger partial charge is 0.338 e. The molecule has 0 radical (unpaired) electrons. The number of ether oxygens (including phenoxy) is 1. The molecule has 2 amide bonds. The second-order valence-corrected chi connectivity index (χ2v) is 8.47. The molecule has 0 spiro atoms. The van der Waals surface area contributed by atoms with Crippen LogP contribution in [0.5, 0.6) is 11.5 Å². The van der Waals surface area contributed by atoms with E-state index in [0.717, 1.165) is 13.0 Å². The van der Waals surface area contributed by atoms with E-state index in [1.165, 1.54) is 36.4 Å². The minimum absolute atomic E-state index is 0.0679. The summed E-state index contributed by atoms with van der Waals surface area (Å²) in [6.45, 7) is 1.18. The van der Waals surface area contributed by atoms with Crippen molar-refractivity contribution >= 4 is 23.5 Å². The number of carbonyl (C=O) groups is 3. The molecule has 3 aromatic rings. The van der Waals surface area contributed by atoms with Crippen molar-refractivity contribution < 1.29 is 29.3 Å². The van der Waals surface area contributed by atoms with Gasteiger partial charge in [0.15, 0.2) is 0 Å². The lowest BCUT2D eigenvalue weighted by molar-refractivity contribution is 0.0192. The molecule has 0 saturated carbocycles. The minimum Gasteiger partial charge on any atom is -0.508 e. The highest BCUT2D eigenvalue weighted by Gasteiger charge is 2.29. The summed E-state index contributed by atoms with van der Waals surface area (Å²) in [5.74, 6) is -1.39. The highest BCUT2D eigenvalue weighted by Crippen LogP contribution is 2.20. The monoisotopic (exact) mass is 489 g/mol. The highest BCUT2D eigenvalue weighted by atomic mass is 16.5. The highest BCUT2D eigenvalue weighted by molar-refractivity contribution is 6.06. The molecule has 3 aromatic carbocycles. The summed E-state index contributed by atoms with van der Waals surface area (Å²) < 4.78 is 5.78. The molecule has 0 aromatic heterocycles. The molecule has 2 atom stereocenters. The molecule has 36 heavy (non-hydrogen) atoms. The Hall–Kier alpha value is -4.37. The van der Waals surface area contributed by atoms with Crippen LogP contribution >= 0.6 is 0 Å². The molecule has 0 bridgehead atoms. The van der Waals surface area contributed by atoms with Crippen LogP contribution in [-0.4, -0.2) is 53.2 Å². The van der Waals surface area contributed by atoms with Crippen molar-refractivity contribution in [1.82, 2.24) is 10.6 Å². The van der Waals surface area contributed by atoms with Gasteiger partial charge in [0.05, 0.1) is 17.2 Å². The van der Waals surface area contributed by atoms with Gasteiger partial charge in [0, 0.05) is 17.8 Å². The van der Waals surface area contributed by atoms with E-state index >= 15 is 0 Å². The number of amides is 2. The first kappa shape index (κ1) is 24.7. The van der Waals surface area contributed by atoms with Crippen molar-refractivity contribution in [2.24, 2.45) is 0 Å². The van der Waals surface area contributed by atoms with E-state index in [1.54, 1.807) is 36.4 Å². The first-order chi connectivity index (χ1) is 17.4. The zero-order valence-corrected chi connectivity index (χ0v) is 19.4. The molecule has 1 heterocycles. The first-order valence-corrected chi connectivity index (χ1v) is 11.6. The van der Waals surface area contributed by atoms with Crippen molar-refractivity contribution in [3.63, 3.8) is 0 Å². The van der Waals surface area contributed by atoms with Crippen molar-refractivity contribution in [2.75, 3.05) is 18.4 Å². The van der Waals surface area contributed by atoms with Crippen LogP contribution in [0.25, 0.3) is 0 Å². The van der Waals surface area contributed by atoms with E-state index in [-0.39, 0.29) is 23.0 Å². The van der Waals surface area contributed by atoms with E-state index in [4.69, 9.17) is 4.74 Å². The van der Waals surface area contributed by atoms with Gasteiger partial charge in [0.2, 0.25) is 0 Å². The summed E-state index contributed by atoms with van der Waals surface area (Å²) in [6.07, 6.45) is 0.823. The van der Waals surface area contributed by atoms with Crippen molar-refractivity contribution in [3.8, 4) is 11.5 Å². The maximum absolute atomic E-state index is 12.9. The van der Waals surface area contributed by atoms with Gasteiger partial charge in [-0.05, 0) is 80.1 Å². The van der Waals surface area contributed by atoms with Crippen molar-refractivity contribution in [2.45, 2.75) is 25.0 Å². The number of carbonyl (C=O) groups excluding carboxylic acids is 3. The number of hydrogen-bond acceptors (Lipinski definition) is 7. The first-order valence-electron chi connectivity index (χ1n) is 11.6. The number of phenols is 2. The standard InChI is InChI=1S/C27H27N3O6/c31-20-13-9-17(10-14-20)25(33)30-22-16-28-15-3-6-24(22)36-27(35)18-7-11-19(12-8-18)29-26(34)21-4-1-2-5-23(21)32/h1-2,4-5,7-14,22,24,28,31-32H,3,6,15-16H2,(H,29,34)(H,30,33)/t22-,24-/m1/s1. The van der Waals surface area contributed by atoms with Crippen LogP contribution in [0.2, 0.25) is 0 Å². The number of nitrogens with one attached hydrogen (secondary N) is 3. The SMILES string of the molecule is O=C(N[C@@H]1CNCCC[C@H]1OC(=O)c1ccc(NC(=O)c2ccccc2O)cc1)c1ccc(O)cc1. The minimum atomic E-state index is -0.538. The van der Waals surface area contributed by atoms with Gasteiger partial charge in [-0.1, -0.05) is 12.1 Å². The molecule has 4 rings (SSSR count). The molecule has 5 N–H and O–H groups in total. The summed E-state index contributed by atoms with van der Waals surface area (Å²) in [6, 6.07) is 17.9. The predicted octanol–water partition coefficient (Wildman–Crippen LogP) is 3.06. The summed E-state index contributed by atoms with van der Waals surface area (Å²) >= 11 is 0. The topological polar surface area (TPSA) is 137 Å². The van der Waals surface area contributed by atoms with Crippen LogP contribution in [-0.2, 0) is 4.74 Å². The number of hydrogen-bond donors (Lipinski definition) is 5. The normalized spacial score (nSPS) is 17.4. The van der Waals surface area contributed by atoms with E-state index in [0.29, 0.717) is 29.8 Å². The Balaban J connectivity index is 1.39. The van der Waals surface area contributed by atoms with Crippen LogP contribution in [0.1, 0.15) is 43.9 Å². The zero-order chi connectivity index (χ0) is 25.5. The molecule has 1 aliphatic heterocycles. The fourth-order valence-electron chi connectivity index (χ4n) is 3.93. The van der Waals surface area contributed by atoms with Gasteiger partial charge in [-0.15, -0.1) is 0 Å². The van der Waals surface area contributed by atoms with Gasteiger partial charge in [0.1, 0.15) is 17.6 Å². The van der Waals surface area contributed by atoms with Crippen LogP contribution in [0.4, 0.5) is 5.69 Å². The van der Waals surface area contributed by atoms with Gasteiger partial charge in [-0.2, -0.15) is 0 Å². The second kappa shape index (κ2) is 11.4. The maximum atomic E-state index is 12.9. The van der Waals surface area contributed by atoms with Gasteiger partial charge >= 0.3 is 5.97 Å². The molecule has 1 aliphatic rings. The fourth-order valence-corrected chi connectivity index (χ4v) is 3.93. The third kappa shape index (κ3) is 6.19. The van der Waals surface area contributed by atoms with Gasteiger partial charge in [-0.3, -0.25) is 9.59 Å². The van der Waals surface area contributed by atoms with Gasteiger partial charge < -0.3 is 30.9 Å². The molecule has 1 saturated heterocycles. The van der Waals surface area contributed by atoms with Gasteiger partial charge in [-0.25, -0.2) is 4.79 Å².